The molecule has 0 saturated carbocycles. The van der Waals surface area contributed by atoms with Crippen molar-refractivity contribution in [1.82, 2.24) is 5.32 Å². The van der Waals surface area contributed by atoms with Gasteiger partial charge in [0.25, 0.3) is 0 Å². The van der Waals surface area contributed by atoms with Crippen LogP contribution in [-0.2, 0) is 0 Å². The Morgan fingerprint density at radius 3 is 2.58 bits per heavy atom. The summed E-state index contributed by atoms with van der Waals surface area (Å²) in [5.41, 5.74) is 2.40. The van der Waals surface area contributed by atoms with Gasteiger partial charge in [-0.15, -0.1) is 12.4 Å². The molecule has 0 aliphatic rings. The topological polar surface area (TPSA) is 45.4 Å². The zero-order valence-corrected chi connectivity index (χ0v) is 12.7. The lowest BCUT2D eigenvalue weighted by molar-refractivity contribution is 0.147. The van der Waals surface area contributed by atoms with Crippen molar-refractivity contribution in [1.29, 1.82) is 0 Å². The van der Waals surface area contributed by atoms with Gasteiger partial charge in [0, 0.05) is 23.4 Å². The predicted molar refractivity (Wildman–Crippen MR) is 81.0 cm³/mol. The van der Waals surface area contributed by atoms with Crippen LogP contribution in [0.25, 0.3) is 10.8 Å². The van der Waals surface area contributed by atoms with Gasteiger partial charge in [0.05, 0.1) is 6.26 Å². The van der Waals surface area contributed by atoms with Gasteiger partial charge in [0.15, 0.2) is 0 Å². The molecular formula is C15H22ClNO2. The van der Waals surface area contributed by atoms with Gasteiger partial charge in [-0.1, -0.05) is 26.0 Å². The molecule has 1 unspecified atom stereocenters. The van der Waals surface area contributed by atoms with Crippen molar-refractivity contribution in [3.63, 3.8) is 0 Å². The molecule has 2 rings (SSSR count). The quantitative estimate of drug-likeness (QED) is 0.903. The molecule has 0 radical (unpaired) electrons. The molecule has 2 N–H and O–H groups in total. The van der Waals surface area contributed by atoms with Gasteiger partial charge in [-0.2, -0.15) is 0 Å². The Balaban J connectivity index is 0.00000180. The smallest absolute Gasteiger partial charge is 0.141 e. The van der Waals surface area contributed by atoms with Crippen molar-refractivity contribution >= 4 is 23.2 Å². The number of rotatable bonds is 4. The second-order valence-corrected chi connectivity index (χ2v) is 5.15. The number of aliphatic hydroxyl groups excluding tert-OH is 1. The van der Waals surface area contributed by atoms with Crippen LogP contribution in [0.5, 0.6) is 0 Å². The lowest BCUT2D eigenvalue weighted by atomic mass is 10.0. The maximum Gasteiger partial charge on any atom is 0.141 e. The summed E-state index contributed by atoms with van der Waals surface area (Å²) in [5, 5.41) is 15.5. The van der Waals surface area contributed by atoms with Crippen LogP contribution in [0.2, 0.25) is 0 Å². The maximum absolute atomic E-state index is 10.2. The Hall–Kier alpha value is -1.03. The molecule has 0 aliphatic carbocycles. The van der Waals surface area contributed by atoms with E-state index in [1.54, 1.807) is 6.26 Å². The fraction of sp³-hybridized carbons (Fsp3) is 0.467. The third kappa shape index (κ3) is 3.30. The highest BCUT2D eigenvalue weighted by Gasteiger charge is 2.17. The molecular weight excluding hydrogens is 262 g/mol. The highest BCUT2D eigenvalue weighted by atomic mass is 35.5. The fourth-order valence-corrected chi connectivity index (χ4v) is 2.13. The average molecular weight is 284 g/mol. The van der Waals surface area contributed by atoms with E-state index in [2.05, 4.69) is 39.1 Å². The molecule has 4 heteroatoms. The maximum atomic E-state index is 10.2. The van der Waals surface area contributed by atoms with Gasteiger partial charge in [-0.05, 0) is 25.0 Å². The minimum absolute atomic E-state index is 0. The Morgan fingerprint density at radius 1 is 1.26 bits per heavy atom. The lowest BCUT2D eigenvalue weighted by Gasteiger charge is -2.13. The number of fused-ring (bicyclic) bond motifs is 1. The molecule has 0 bridgehead atoms. The highest BCUT2D eigenvalue weighted by Crippen LogP contribution is 2.30. The molecule has 3 nitrogen and oxygen atoms in total. The first-order valence-electron chi connectivity index (χ1n) is 6.39. The van der Waals surface area contributed by atoms with Gasteiger partial charge >= 0.3 is 0 Å². The third-order valence-corrected chi connectivity index (χ3v) is 3.35. The molecule has 2 aromatic rings. The highest BCUT2D eigenvalue weighted by molar-refractivity contribution is 5.88. The van der Waals surface area contributed by atoms with E-state index < -0.39 is 6.10 Å². The summed E-state index contributed by atoms with van der Waals surface area (Å²) >= 11 is 0. The van der Waals surface area contributed by atoms with E-state index >= 15 is 0 Å². The van der Waals surface area contributed by atoms with Crippen molar-refractivity contribution in [2.24, 2.45) is 0 Å². The zero-order chi connectivity index (χ0) is 13.3. The Bertz CT molecular complexity index is 548. The number of benzene rings is 1. The number of hydrogen-bond acceptors (Lipinski definition) is 3. The summed E-state index contributed by atoms with van der Waals surface area (Å²) in [6, 6.07) is 4.46. The number of furan rings is 1. The molecule has 0 spiro atoms. The van der Waals surface area contributed by atoms with Crippen LogP contribution in [0.15, 0.2) is 22.8 Å². The van der Waals surface area contributed by atoms with Crippen LogP contribution >= 0.6 is 12.4 Å². The van der Waals surface area contributed by atoms with Crippen molar-refractivity contribution in [3.8, 4) is 0 Å². The van der Waals surface area contributed by atoms with Crippen LogP contribution in [-0.4, -0.2) is 17.7 Å². The van der Waals surface area contributed by atoms with E-state index in [1.807, 2.05) is 6.07 Å². The van der Waals surface area contributed by atoms with Crippen LogP contribution < -0.4 is 5.32 Å². The minimum Gasteiger partial charge on any atom is -0.465 e. The van der Waals surface area contributed by atoms with Crippen LogP contribution in [0.3, 0.4) is 0 Å². The normalized spacial score (nSPS) is 12.7. The van der Waals surface area contributed by atoms with Crippen molar-refractivity contribution in [2.75, 3.05) is 6.54 Å². The van der Waals surface area contributed by atoms with Crippen LogP contribution in [0.1, 0.15) is 36.8 Å². The van der Waals surface area contributed by atoms with Gasteiger partial charge < -0.3 is 14.8 Å². The Morgan fingerprint density at radius 2 is 1.95 bits per heavy atom. The van der Waals surface area contributed by atoms with Crippen LogP contribution in [0.4, 0.5) is 0 Å². The molecule has 0 amide bonds. The minimum atomic E-state index is -0.606. The molecule has 1 heterocycles. The largest absolute Gasteiger partial charge is 0.465 e. The molecule has 1 atom stereocenters. The second-order valence-electron chi connectivity index (χ2n) is 5.15. The number of nitrogens with one attached hydrogen (secondary N) is 1. The van der Waals surface area contributed by atoms with Crippen molar-refractivity contribution < 1.29 is 9.52 Å². The first-order chi connectivity index (χ1) is 8.50. The summed E-state index contributed by atoms with van der Waals surface area (Å²) in [6.45, 7) is 8.77. The lowest BCUT2D eigenvalue weighted by Crippen LogP contribution is -2.27. The summed E-state index contributed by atoms with van der Waals surface area (Å²) in [7, 11) is 0. The molecule has 19 heavy (non-hydrogen) atoms. The summed E-state index contributed by atoms with van der Waals surface area (Å²) in [4.78, 5) is 0. The fourth-order valence-electron chi connectivity index (χ4n) is 2.13. The molecule has 0 saturated heterocycles. The SMILES string of the molecule is Cc1ccc2coc(C(O)CNC(C)C)c2c1C.Cl. The zero-order valence-electron chi connectivity index (χ0n) is 11.9. The standard InChI is InChI=1S/C15H21NO2.ClH/c1-9(2)16-7-13(17)15-14-11(4)10(3)5-6-12(14)8-18-15;/h5-6,8-9,13,16-17H,7H2,1-4H3;1H. The summed E-state index contributed by atoms with van der Waals surface area (Å²) < 4.78 is 5.55. The Kier molecular flexibility index (Phi) is 5.41. The molecule has 106 valence electrons. The number of halogens is 1. The monoisotopic (exact) mass is 283 g/mol. The number of aryl methyl sites for hydroxylation is 2. The first-order valence-corrected chi connectivity index (χ1v) is 6.39. The van der Waals surface area contributed by atoms with E-state index in [9.17, 15) is 5.11 Å². The molecule has 1 aromatic heterocycles. The average Bonchev–Trinajstić information content (AvgIpc) is 2.75. The van der Waals surface area contributed by atoms with Crippen molar-refractivity contribution in [3.05, 3.63) is 35.3 Å². The number of hydrogen-bond donors (Lipinski definition) is 2. The predicted octanol–water partition coefficient (Wildman–Crippen LogP) is 3.50. The molecule has 0 fully saturated rings. The van der Waals surface area contributed by atoms with Gasteiger partial charge in [-0.25, -0.2) is 0 Å². The van der Waals surface area contributed by atoms with Gasteiger partial charge in [0.1, 0.15) is 11.9 Å². The van der Waals surface area contributed by atoms with E-state index in [1.165, 1.54) is 11.1 Å². The van der Waals surface area contributed by atoms with E-state index in [0.29, 0.717) is 18.3 Å². The second kappa shape index (κ2) is 6.42. The summed E-state index contributed by atoms with van der Waals surface area (Å²) in [6.07, 6.45) is 1.11. The van der Waals surface area contributed by atoms with Crippen molar-refractivity contribution in [2.45, 2.75) is 39.8 Å². The van der Waals surface area contributed by atoms with E-state index in [-0.39, 0.29) is 12.4 Å². The number of aliphatic hydroxyl groups is 1. The molecule has 1 aromatic carbocycles. The van der Waals surface area contributed by atoms with Crippen LogP contribution in [0, 0.1) is 13.8 Å². The van der Waals surface area contributed by atoms with E-state index in [0.717, 1.165) is 10.8 Å². The molecule has 0 aliphatic heterocycles. The van der Waals surface area contributed by atoms with E-state index in [4.69, 9.17) is 4.42 Å². The first kappa shape index (κ1) is 16.0. The Labute approximate surface area is 120 Å². The summed E-state index contributed by atoms with van der Waals surface area (Å²) in [5.74, 6) is 0.666. The third-order valence-electron chi connectivity index (χ3n) is 3.35. The van der Waals surface area contributed by atoms with Gasteiger partial charge in [0.2, 0.25) is 0 Å². The van der Waals surface area contributed by atoms with Gasteiger partial charge in [-0.3, -0.25) is 0 Å².